The normalized spacial score (nSPS) is 19.8. The maximum Gasteiger partial charge on any atom is 0.251 e. The molecular weight excluding hydrogens is 362 g/mol. The molecule has 2 fully saturated rings. The SMILES string of the molecule is Cl.O=C(NC1CCNCC1)c1cccc(S(=O)(=O)N2CCCCC2)c1. The van der Waals surface area contributed by atoms with E-state index in [9.17, 15) is 13.2 Å². The number of carbonyl (C=O) groups excluding carboxylic acids is 1. The van der Waals surface area contributed by atoms with Crippen LogP contribution in [0.5, 0.6) is 0 Å². The van der Waals surface area contributed by atoms with Crippen molar-refractivity contribution >= 4 is 28.3 Å². The average Bonchev–Trinajstić information content (AvgIpc) is 2.63. The van der Waals surface area contributed by atoms with E-state index in [4.69, 9.17) is 0 Å². The van der Waals surface area contributed by atoms with E-state index in [1.54, 1.807) is 18.2 Å². The zero-order chi connectivity index (χ0) is 17.0. The van der Waals surface area contributed by atoms with Crippen molar-refractivity contribution in [1.82, 2.24) is 14.9 Å². The molecule has 2 aliphatic rings. The summed E-state index contributed by atoms with van der Waals surface area (Å²) in [6.07, 6.45) is 4.67. The summed E-state index contributed by atoms with van der Waals surface area (Å²) in [4.78, 5) is 12.6. The molecule has 0 aliphatic carbocycles. The smallest absolute Gasteiger partial charge is 0.251 e. The van der Waals surface area contributed by atoms with Crippen LogP contribution >= 0.6 is 12.4 Å². The van der Waals surface area contributed by atoms with Crippen LogP contribution in [0, 0.1) is 0 Å². The van der Waals surface area contributed by atoms with Crippen molar-refractivity contribution in [3.8, 4) is 0 Å². The molecule has 2 heterocycles. The Hall–Kier alpha value is -1.15. The summed E-state index contributed by atoms with van der Waals surface area (Å²) in [5.41, 5.74) is 0.409. The molecule has 2 aliphatic heterocycles. The van der Waals surface area contributed by atoms with Gasteiger partial charge in [-0.3, -0.25) is 4.79 Å². The molecule has 2 N–H and O–H groups in total. The van der Waals surface area contributed by atoms with Gasteiger partial charge in [0.25, 0.3) is 5.91 Å². The maximum atomic E-state index is 12.7. The van der Waals surface area contributed by atoms with E-state index >= 15 is 0 Å². The number of hydrogen-bond acceptors (Lipinski definition) is 4. The number of piperidine rings is 2. The Morgan fingerprint density at radius 1 is 1.12 bits per heavy atom. The van der Waals surface area contributed by atoms with Crippen LogP contribution in [0.25, 0.3) is 0 Å². The number of hydrogen-bond donors (Lipinski definition) is 2. The standard InChI is InChI=1S/C17H25N3O3S.ClH/c21-17(19-15-7-9-18-10-8-15)14-5-4-6-16(13-14)24(22,23)20-11-2-1-3-12-20;/h4-6,13,15,18H,1-3,7-12H2,(H,19,21);1H. The third kappa shape index (κ3) is 4.94. The van der Waals surface area contributed by atoms with Crippen LogP contribution in [0.2, 0.25) is 0 Å². The third-order valence-corrected chi connectivity index (χ3v) is 6.62. The van der Waals surface area contributed by atoms with E-state index in [1.165, 1.54) is 10.4 Å². The number of benzene rings is 1. The molecular formula is C17H26ClN3O3S. The van der Waals surface area contributed by atoms with Crippen LogP contribution in [-0.4, -0.2) is 50.9 Å². The molecule has 1 aromatic carbocycles. The van der Waals surface area contributed by atoms with Gasteiger partial charge in [0.05, 0.1) is 4.90 Å². The zero-order valence-electron chi connectivity index (χ0n) is 14.2. The molecule has 0 bridgehead atoms. The Kier molecular flexibility index (Phi) is 7.25. The molecule has 1 amide bonds. The van der Waals surface area contributed by atoms with Gasteiger partial charge in [0, 0.05) is 24.7 Å². The Bertz CT molecular complexity index is 684. The van der Waals surface area contributed by atoms with Crippen LogP contribution in [0.3, 0.4) is 0 Å². The quantitative estimate of drug-likeness (QED) is 0.825. The molecule has 8 heteroatoms. The van der Waals surface area contributed by atoms with Crippen LogP contribution < -0.4 is 10.6 Å². The van der Waals surface area contributed by atoms with Gasteiger partial charge < -0.3 is 10.6 Å². The molecule has 6 nitrogen and oxygen atoms in total. The van der Waals surface area contributed by atoms with Crippen molar-refractivity contribution < 1.29 is 13.2 Å². The van der Waals surface area contributed by atoms with Gasteiger partial charge in [-0.05, 0) is 57.0 Å². The van der Waals surface area contributed by atoms with Crippen LogP contribution in [0.4, 0.5) is 0 Å². The zero-order valence-corrected chi connectivity index (χ0v) is 15.9. The minimum Gasteiger partial charge on any atom is -0.349 e. The Morgan fingerprint density at radius 2 is 1.80 bits per heavy atom. The van der Waals surface area contributed by atoms with Crippen molar-refractivity contribution in [3.63, 3.8) is 0 Å². The fraction of sp³-hybridized carbons (Fsp3) is 0.588. The summed E-state index contributed by atoms with van der Waals surface area (Å²) in [5.74, 6) is -0.197. The van der Waals surface area contributed by atoms with Crippen molar-refractivity contribution in [2.24, 2.45) is 0 Å². The molecule has 0 atom stereocenters. The lowest BCUT2D eigenvalue weighted by Gasteiger charge is -2.26. The number of amides is 1. The molecule has 140 valence electrons. The van der Waals surface area contributed by atoms with E-state index in [0.29, 0.717) is 18.7 Å². The predicted octanol–water partition coefficient (Wildman–Crippen LogP) is 1.76. The fourth-order valence-electron chi connectivity index (χ4n) is 3.29. The van der Waals surface area contributed by atoms with Gasteiger partial charge in [-0.2, -0.15) is 4.31 Å². The molecule has 1 aromatic rings. The first-order valence-electron chi connectivity index (χ1n) is 8.69. The van der Waals surface area contributed by atoms with Gasteiger partial charge in [0.2, 0.25) is 10.0 Å². The molecule has 2 saturated heterocycles. The first kappa shape index (κ1) is 20.2. The summed E-state index contributed by atoms with van der Waals surface area (Å²) in [6.45, 7) is 2.92. The number of nitrogens with one attached hydrogen (secondary N) is 2. The summed E-state index contributed by atoms with van der Waals surface area (Å²) in [5, 5.41) is 6.26. The number of sulfonamides is 1. The topological polar surface area (TPSA) is 78.5 Å². The summed E-state index contributed by atoms with van der Waals surface area (Å²) in [7, 11) is -3.51. The van der Waals surface area contributed by atoms with Crippen LogP contribution in [0.1, 0.15) is 42.5 Å². The molecule has 0 spiro atoms. The van der Waals surface area contributed by atoms with Gasteiger partial charge in [-0.15, -0.1) is 12.4 Å². The van der Waals surface area contributed by atoms with Gasteiger partial charge in [0.1, 0.15) is 0 Å². The van der Waals surface area contributed by atoms with E-state index in [2.05, 4.69) is 10.6 Å². The number of carbonyl (C=O) groups is 1. The highest BCUT2D eigenvalue weighted by molar-refractivity contribution is 7.89. The Labute approximate surface area is 155 Å². The maximum absolute atomic E-state index is 12.7. The number of nitrogens with zero attached hydrogens (tertiary/aromatic N) is 1. The monoisotopic (exact) mass is 387 g/mol. The summed E-state index contributed by atoms with van der Waals surface area (Å²) >= 11 is 0. The third-order valence-electron chi connectivity index (χ3n) is 4.72. The second-order valence-corrected chi connectivity index (χ2v) is 8.43. The highest BCUT2D eigenvalue weighted by Gasteiger charge is 2.26. The molecule has 25 heavy (non-hydrogen) atoms. The molecule has 0 aromatic heterocycles. The van der Waals surface area contributed by atoms with Crippen molar-refractivity contribution in [2.45, 2.75) is 43.0 Å². The van der Waals surface area contributed by atoms with Crippen LogP contribution in [0.15, 0.2) is 29.2 Å². The van der Waals surface area contributed by atoms with E-state index in [-0.39, 0.29) is 29.3 Å². The lowest BCUT2D eigenvalue weighted by Crippen LogP contribution is -2.42. The van der Waals surface area contributed by atoms with E-state index < -0.39 is 10.0 Å². The van der Waals surface area contributed by atoms with E-state index in [0.717, 1.165) is 45.2 Å². The highest BCUT2D eigenvalue weighted by atomic mass is 35.5. The molecule has 0 saturated carbocycles. The van der Waals surface area contributed by atoms with Gasteiger partial charge >= 0.3 is 0 Å². The lowest BCUT2D eigenvalue weighted by molar-refractivity contribution is 0.0929. The first-order valence-corrected chi connectivity index (χ1v) is 10.1. The van der Waals surface area contributed by atoms with Gasteiger partial charge in [-0.1, -0.05) is 12.5 Å². The van der Waals surface area contributed by atoms with E-state index in [1.807, 2.05) is 0 Å². The largest absolute Gasteiger partial charge is 0.349 e. The number of halogens is 1. The van der Waals surface area contributed by atoms with Crippen LogP contribution in [-0.2, 0) is 10.0 Å². The Morgan fingerprint density at radius 3 is 2.48 bits per heavy atom. The van der Waals surface area contributed by atoms with Gasteiger partial charge in [0.15, 0.2) is 0 Å². The fourth-order valence-corrected chi connectivity index (χ4v) is 4.85. The summed E-state index contributed by atoms with van der Waals surface area (Å²) in [6, 6.07) is 6.55. The highest BCUT2D eigenvalue weighted by Crippen LogP contribution is 2.21. The minimum atomic E-state index is -3.51. The molecule has 0 radical (unpaired) electrons. The first-order chi connectivity index (χ1) is 11.6. The minimum absolute atomic E-state index is 0. The Balaban J connectivity index is 0.00000225. The van der Waals surface area contributed by atoms with Crippen molar-refractivity contribution in [2.75, 3.05) is 26.2 Å². The lowest BCUT2D eigenvalue weighted by atomic mass is 10.1. The summed E-state index contributed by atoms with van der Waals surface area (Å²) < 4.78 is 27.0. The molecule has 3 rings (SSSR count). The van der Waals surface area contributed by atoms with Crippen molar-refractivity contribution in [3.05, 3.63) is 29.8 Å². The predicted molar refractivity (Wildman–Crippen MR) is 99.7 cm³/mol. The van der Waals surface area contributed by atoms with Crippen molar-refractivity contribution in [1.29, 1.82) is 0 Å². The number of rotatable bonds is 4. The molecule has 0 unspecified atom stereocenters. The second-order valence-electron chi connectivity index (χ2n) is 6.49. The average molecular weight is 388 g/mol. The van der Waals surface area contributed by atoms with Gasteiger partial charge in [-0.25, -0.2) is 8.42 Å². The second kappa shape index (κ2) is 8.98.